The number of anilines is 1. The van der Waals surface area contributed by atoms with Crippen LogP contribution in [0, 0.1) is 0 Å². The Morgan fingerprint density at radius 1 is 1.23 bits per heavy atom. The number of hydrogen-bond acceptors (Lipinski definition) is 3. The molecule has 0 aliphatic rings. The molecule has 0 bridgehead atoms. The Morgan fingerprint density at radius 2 is 1.91 bits per heavy atom. The average molecular weight is 321 g/mol. The molecule has 1 atom stereocenters. The Hall–Kier alpha value is -2.24. The normalized spacial score (nSPS) is 11.6. The smallest absolute Gasteiger partial charge is 0.319 e. The summed E-state index contributed by atoms with van der Waals surface area (Å²) in [6, 6.07) is 13.6. The maximum Gasteiger partial charge on any atom is 0.319 e. The molecule has 0 unspecified atom stereocenters. The molecule has 0 saturated heterocycles. The van der Waals surface area contributed by atoms with Crippen molar-refractivity contribution in [3.05, 3.63) is 59.1 Å². The fourth-order valence-electron chi connectivity index (χ4n) is 1.97. The summed E-state index contributed by atoms with van der Waals surface area (Å²) in [6.45, 7) is 0.0522. The summed E-state index contributed by atoms with van der Waals surface area (Å²) < 4.78 is 5.18. The molecule has 3 N–H and O–H groups in total. The maximum absolute atomic E-state index is 11.8. The zero-order chi connectivity index (χ0) is 15.9. The van der Waals surface area contributed by atoms with Crippen molar-refractivity contribution >= 4 is 23.3 Å². The van der Waals surface area contributed by atoms with E-state index in [0.717, 1.165) is 0 Å². The predicted octanol–water partition coefficient (Wildman–Crippen LogP) is 3.20. The fraction of sp³-hybridized carbons (Fsp3) is 0.188. The summed E-state index contributed by atoms with van der Waals surface area (Å²) in [5, 5.41) is 15.8. The summed E-state index contributed by atoms with van der Waals surface area (Å²) in [5.74, 6) is 0.573. The van der Waals surface area contributed by atoms with E-state index >= 15 is 0 Å². The average Bonchev–Trinajstić information content (AvgIpc) is 2.54. The topological polar surface area (TPSA) is 70.6 Å². The highest BCUT2D eigenvalue weighted by Crippen LogP contribution is 2.24. The fourth-order valence-corrected chi connectivity index (χ4v) is 2.15. The van der Waals surface area contributed by atoms with E-state index < -0.39 is 12.1 Å². The Balaban J connectivity index is 1.92. The van der Waals surface area contributed by atoms with Gasteiger partial charge in [-0.1, -0.05) is 41.9 Å². The summed E-state index contributed by atoms with van der Waals surface area (Å²) in [5.41, 5.74) is 1.12. The second-order valence-corrected chi connectivity index (χ2v) is 4.98. The van der Waals surface area contributed by atoms with E-state index in [0.29, 0.717) is 22.0 Å². The Bertz CT molecular complexity index is 649. The predicted molar refractivity (Wildman–Crippen MR) is 86.4 cm³/mol. The molecule has 5 nitrogen and oxygen atoms in total. The summed E-state index contributed by atoms with van der Waals surface area (Å²) in [4.78, 5) is 11.8. The third-order valence-corrected chi connectivity index (χ3v) is 3.41. The number of methoxy groups -OCH3 is 1. The van der Waals surface area contributed by atoms with Gasteiger partial charge < -0.3 is 20.5 Å². The van der Waals surface area contributed by atoms with E-state index in [9.17, 15) is 9.90 Å². The van der Waals surface area contributed by atoms with Crippen molar-refractivity contribution in [3.8, 4) is 5.75 Å². The summed E-state index contributed by atoms with van der Waals surface area (Å²) in [7, 11) is 1.53. The molecule has 2 aromatic carbocycles. The second kappa shape index (κ2) is 7.68. The van der Waals surface area contributed by atoms with Gasteiger partial charge in [0, 0.05) is 12.1 Å². The van der Waals surface area contributed by atoms with Crippen molar-refractivity contribution in [2.45, 2.75) is 6.10 Å². The molecule has 2 aromatic rings. The van der Waals surface area contributed by atoms with Crippen LogP contribution in [0.4, 0.5) is 10.5 Å². The van der Waals surface area contributed by atoms with Crippen molar-refractivity contribution in [3.63, 3.8) is 0 Å². The molecule has 116 valence electrons. The number of nitrogens with one attached hydrogen (secondary N) is 2. The number of aliphatic hydroxyl groups excluding tert-OH is 1. The minimum Gasteiger partial charge on any atom is -0.496 e. The van der Waals surface area contributed by atoms with Gasteiger partial charge in [0.05, 0.1) is 23.9 Å². The number of rotatable bonds is 5. The molecule has 0 heterocycles. The van der Waals surface area contributed by atoms with Crippen molar-refractivity contribution in [1.29, 1.82) is 0 Å². The van der Waals surface area contributed by atoms with E-state index in [-0.39, 0.29) is 6.54 Å². The molecule has 6 heteroatoms. The molecule has 0 aliphatic carbocycles. The third-order valence-electron chi connectivity index (χ3n) is 3.08. The van der Waals surface area contributed by atoms with Crippen LogP contribution < -0.4 is 15.4 Å². The number of ether oxygens (including phenoxy) is 1. The van der Waals surface area contributed by atoms with Gasteiger partial charge in [0.15, 0.2) is 0 Å². The molecule has 2 amide bonds. The highest BCUT2D eigenvalue weighted by Gasteiger charge is 2.14. The number of urea groups is 1. The lowest BCUT2D eigenvalue weighted by Crippen LogP contribution is -2.32. The van der Waals surface area contributed by atoms with E-state index in [2.05, 4.69) is 10.6 Å². The quantitative estimate of drug-likeness (QED) is 0.792. The molecule has 0 aliphatic heterocycles. The first kappa shape index (κ1) is 16.1. The minimum atomic E-state index is -0.867. The first-order valence-electron chi connectivity index (χ1n) is 6.72. The Labute approximate surface area is 133 Å². The van der Waals surface area contributed by atoms with Crippen LogP contribution in [0.15, 0.2) is 48.5 Å². The van der Waals surface area contributed by atoms with Gasteiger partial charge in [-0.15, -0.1) is 0 Å². The van der Waals surface area contributed by atoms with Crippen molar-refractivity contribution < 1.29 is 14.6 Å². The molecule has 0 aromatic heterocycles. The molecule has 0 saturated carbocycles. The summed E-state index contributed by atoms with van der Waals surface area (Å²) in [6.07, 6.45) is -0.867. The van der Waals surface area contributed by atoms with Gasteiger partial charge in [0.1, 0.15) is 5.75 Å². The molecule has 0 fully saturated rings. The SMILES string of the molecule is COc1ccccc1[C@H](O)CNC(=O)Nc1ccccc1Cl. The first-order chi connectivity index (χ1) is 10.6. The first-order valence-corrected chi connectivity index (χ1v) is 7.10. The van der Waals surface area contributed by atoms with Gasteiger partial charge in [-0.25, -0.2) is 4.79 Å². The lowest BCUT2D eigenvalue weighted by atomic mass is 10.1. The van der Waals surface area contributed by atoms with Gasteiger partial charge in [-0.2, -0.15) is 0 Å². The highest BCUT2D eigenvalue weighted by atomic mass is 35.5. The largest absolute Gasteiger partial charge is 0.496 e. The van der Waals surface area contributed by atoms with E-state index in [1.807, 2.05) is 6.07 Å². The van der Waals surface area contributed by atoms with Crippen LogP contribution in [0.3, 0.4) is 0 Å². The lowest BCUT2D eigenvalue weighted by Gasteiger charge is -2.16. The molecule has 22 heavy (non-hydrogen) atoms. The highest BCUT2D eigenvalue weighted by molar-refractivity contribution is 6.33. The number of halogens is 1. The molecule has 2 rings (SSSR count). The van der Waals surface area contributed by atoms with Gasteiger partial charge >= 0.3 is 6.03 Å². The lowest BCUT2D eigenvalue weighted by molar-refractivity contribution is 0.171. The number of carbonyl (C=O) groups excluding carboxylic acids is 1. The van der Waals surface area contributed by atoms with Crippen LogP contribution in [0.1, 0.15) is 11.7 Å². The Morgan fingerprint density at radius 3 is 2.64 bits per heavy atom. The van der Waals surface area contributed by atoms with Crippen LogP contribution in [-0.2, 0) is 0 Å². The number of carbonyl (C=O) groups is 1. The van der Waals surface area contributed by atoms with Crippen LogP contribution in [0.2, 0.25) is 5.02 Å². The monoisotopic (exact) mass is 320 g/mol. The van der Waals surface area contributed by atoms with Crippen LogP contribution in [0.25, 0.3) is 0 Å². The van der Waals surface area contributed by atoms with Gasteiger partial charge in [0.25, 0.3) is 0 Å². The van der Waals surface area contributed by atoms with Crippen molar-refractivity contribution in [1.82, 2.24) is 5.32 Å². The molecular formula is C16H17ClN2O3. The zero-order valence-corrected chi connectivity index (χ0v) is 12.8. The molecule has 0 spiro atoms. The van der Waals surface area contributed by atoms with E-state index in [1.165, 1.54) is 7.11 Å². The van der Waals surface area contributed by atoms with Crippen LogP contribution in [0.5, 0.6) is 5.75 Å². The second-order valence-electron chi connectivity index (χ2n) is 4.57. The number of para-hydroxylation sites is 2. The minimum absolute atomic E-state index is 0.0522. The standard InChI is InChI=1S/C16H17ClN2O3/c1-22-15-9-5-2-6-11(15)14(20)10-18-16(21)19-13-8-4-3-7-12(13)17/h2-9,14,20H,10H2,1H3,(H2,18,19,21)/t14-/m1/s1. The van der Waals surface area contributed by atoms with Crippen LogP contribution >= 0.6 is 11.6 Å². The van der Waals surface area contributed by atoms with E-state index in [4.69, 9.17) is 16.3 Å². The maximum atomic E-state index is 11.8. The van der Waals surface area contributed by atoms with Crippen molar-refractivity contribution in [2.75, 3.05) is 19.0 Å². The molecular weight excluding hydrogens is 304 g/mol. The van der Waals surface area contributed by atoms with Gasteiger partial charge in [-0.3, -0.25) is 0 Å². The van der Waals surface area contributed by atoms with E-state index in [1.54, 1.807) is 42.5 Å². The van der Waals surface area contributed by atoms with Crippen molar-refractivity contribution in [2.24, 2.45) is 0 Å². The number of aliphatic hydroxyl groups is 1. The van der Waals surface area contributed by atoms with Crippen LogP contribution in [-0.4, -0.2) is 24.8 Å². The zero-order valence-electron chi connectivity index (χ0n) is 12.0. The third kappa shape index (κ3) is 4.13. The summed E-state index contributed by atoms with van der Waals surface area (Å²) >= 11 is 5.96. The number of hydrogen-bond donors (Lipinski definition) is 3. The Kier molecular flexibility index (Phi) is 5.63. The number of amides is 2. The van der Waals surface area contributed by atoms with Gasteiger partial charge in [0.2, 0.25) is 0 Å². The number of benzene rings is 2. The van der Waals surface area contributed by atoms with Gasteiger partial charge in [-0.05, 0) is 18.2 Å². The molecule has 0 radical (unpaired) electrons.